The molecule has 1 aromatic carbocycles. The quantitative estimate of drug-likeness (QED) is 0.606. The predicted molar refractivity (Wildman–Crippen MR) is 77.2 cm³/mol. The molecular weight excluding hydrogens is 264 g/mol. The molecular formula is C14H15ClN2S. The number of hydrogen-bond acceptors (Lipinski definition) is 3. The second-order valence-corrected chi connectivity index (χ2v) is 6.00. The highest BCUT2D eigenvalue weighted by molar-refractivity contribution is 7.99. The van der Waals surface area contributed by atoms with Crippen molar-refractivity contribution in [1.82, 2.24) is 9.97 Å². The van der Waals surface area contributed by atoms with E-state index in [0.29, 0.717) is 5.25 Å². The zero-order valence-corrected chi connectivity index (χ0v) is 12.2. The maximum Gasteiger partial charge on any atom is 0.126 e. The topological polar surface area (TPSA) is 25.8 Å². The van der Waals surface area contributed by atoms with Crippen molar-refractivity contribution in [3.63, 3.8) is 0 Å². The summed E-state index contributed by atoms with van der Waals surface area (Å²) in [4.78, 5) is 8.73. The Labute approximate surface area is 117 Å². The fourth-order valence-electron chi connectivity index (χ4n) is 1.73. The van der Waals surface area contributed by atoms with Crippen molar-refractivity contribution in [3.05, 3.63) is 52.4 Å². The number of thioether (sulfide) groups is 1. The zero-order chi connectivity index (χ0) is 13.1. The standard InChI is InChI=1S/C14H15ClN2S/c1-9-8-14(17-11(3)16-9)18-10(2)12-4-6-13(15)7-5-12/h4-8,10H,1-3H3. The lowest BCUT2D eigenvalue weighted by molar-refractivity contribution is 0.930. The molecule has 1 unspecified atom stereocenters. The van der Waals surface area contributed by atoms with Gasteiger partial charge in [-0.2, -0.15) is 0 Å². The van der Waals surface area contributed by atoms with Gasteiger partial charge in [0.15, 0.2) is 0 Å². The van der Waals surface area contributed by atoms with Crippen LogP contribution in [0.4, 0.5) is 0 Å². The largest absolute Gasteiger partial charge is 0.238 e. The molecule has 0 amide bonds. The number of hydrogen-bond donors (Lipinski definition) is 0. The summed E-state index contributed by atoms with van der Waals surface area (Å²) in [6.07, 6.45) is 0. The van der Waals surface area contributed by atoms with Crippen molar-refractivity contribution >= 4 is 23.4 Å². The van der Waals surface area contributed by atoms with E-state index in [9.17, 15) is 0 Å². The summed E-state index contributed by atoms with van der Waals surface area (Å²) in [6.45, 7) is 6.08. The molecule has 4 heteroatoms. The van der Waals surface area contributed by atoms with Crippen LogP contribution in [-0.4, -0.2) is 9.97 Å². The molecule has 2 rings (SSSR count). The number of nitrogens with zero attached hydrogens (tertiary/aromatic N) is 2. The van der Waals surface area contributed by atoms with Crippen molar-refractivity contribution < 1.29 is 0 Å². The van der Waals surface area contributed by atoms with E-state index in [-0.39, 0.29) is 0 Å². The number of rotatable bonds is 3. The molecule has 0 radical (unpaired) electrons. The van der Waals surface area contributed by atoms with Gasteiger partial charge in [-0.25, -0.2) is 9.97 Å². The van der Waals surface area contributed by atoms with Crippen LogP contribution in [0.15, 0.2) is 35.4 Å². The lowest BCUT2D eigenvalue weighted by Crippen LogP contribution is -1.95. The Hall–Kier alpha value is -1.06. The van der Waals surface area contributed by atoms with Gasteiger partial charge in [0.05, 0.1) is 0 Å². The summed E-state index contributed by atoms with van der Waals surface area (Å²) < 4.78 is 0. The average Bonchev–Trinajstić information content (AvgIpc) is 2.28. The van der Waals surface area contributed by atoms with E-state index in [1.807, 2.05) is 32.0 Å². The third kappa shape index (κ3) is 3.47. The van der Waals surface area contributed by atoms with E-state index in [4.69, 9.17) is 11.6 Å². The summed E-state index contributed by atoms with van der Waals surface area (Å²) in [5.41, 5.74) is 2.26. The van der Waals surface area contributed by atoms with Crippen LogP contribution in [0.5, 0.6) is 0 Å². The molecule has 18 heavy (non-hydrogen) atoms. The molecule has 0 aliphatic heterocycles. The summed E-state index contributed by atoms with van der Waals surface area (Å²) >= 11 is 7.63. The van der Waals surface area contributed by atoms with Gasteiger partial charge in [0.2, 0.25) is 0 Å². The number of aryl methyl sites for hydroxylation is 2. The van der Waals surface area contributed by atoms with Gasteiger partial charge in [0, 0.05) is 16.0 Å². The van der Waals surface area contributed by atoms with E-state index in [1.165, 1.54) is 5.56 Å². The molecule has 0 bridgehead atoms. The van der Waals surface area contributed by atoms with Crippen molar-refractivity contribution in [2.24, 2.45) is 0 Å². The number of aromatic nitrogens is 2. The zero-order valence-electron chi connectivity index (χ0n) is 10.6. The molecule has 1 aromatic heterocycles. The Morgan fingerprint density at radius 1 is 1.11 bits per heavy atom. The summed E-state index contributed by atoms with van der Waals surface area (Å²) in [6, 6.07) is 9.97. The van der Waals surface area contributed by atoms with Gasteiger partial charge in [-0.1, -0.05) is 35.5 Å². The van der Waals surface area contributed by atoms with Crippen molar-refractivity contribution in [2.45, 2.75) is 31.0 Å². The minimum Gasteiger partial charge on any atom is -0.238 e. The number of benzene rings is 1. The van der Waals surface area contributed by atoms with Crippen LogP contribution in [0.1, 0.15) is 29.3 Å². The first-order valence-corrected chi connectivity index (χ1v) is 7.05. The fourth-order valence-corrected chi connectivity index (χ4v) is 2.93. The molecule has 0 saturated heterocycles. The molecule has 2 nitrogen and oxygen atoms in total. The lowest BCUT2D eigenvalue weighted by Gasteiger charge is -2.11. The van der Waals surface area contributed by atoms with Gasteiger partial charge >= 0.3 is 0 Å². The fraction of sp³-hybridized carbons (Fsp3) is 0.286. The molecule has 94 valence electrons. The second kappa shape index (κ2) is 5.72. The average molecular weight is 279 g/mol. The molecule has 0 saturated carbocycles. The molecule has 0 N–H and O–H groups in total. The highest BCUT2D eigenvalue weighted by atomic mass is 35.5. The van der Waals surface area contributed by atoms with Crippen LogP contribution in [0, 0.1) is 13.8 Å². The Morgan fingerprint density at radius 3 is 2.39 bits per heavy atom. The van der Waals surface area contributed by atoms with Crippen LogP contribution in [-0.2, 0) is 0 Å². The van der Waals surface area contributed by atoms with E-state index < -0.39 is 0 Å². The minimum atomic E-state index is 0.343. The minimum absolute atomic E-state index is 0.343. The monoisotopic (exact) mass is 278 g/mol. The summed E-state index contributed by atoms with van der Waals surface area (Å²) in [5.74, 6) is 0.820. The van der Waals surface area contributed by atoms with Gasteiger partial charge in [0.25, 0.3) is 0 Å². The molecule has 2 aromatic rings. The SMILES string of the molecule is Cc1cc(SC(C)c2ccc(Cl)cc2)nc(C)n1. The maximum absolute atomic E-state index is 5.89. The van der Waals surface area contributed by atoms with Crippen LogP contribution >= 0.6 is 23.4 Å². The van der Waals surface area contributed by atoms with E-state index in [0.717, 1.165) is 21.6 Å². The summed E-state index contributed by atoms with van der Waals surface area (Å²) in [5, 5.41) is 2.13. The molecule has 0 aliphatic carbocycles. The number of halogens is 1. The molecule has 0 spiro atoms. The normalized spacial score (nSPS) is 12.4. The smallest absolute Gasteiger partial charge is 0.126 e. The van der Waals surface area contributed by atoms with Crippen molar-refractivity contribution in [2.75, 3.05) is 0 Å². The van der Waals surface area contributed by atoms with Crippen LogP contribution < -0.4 is 0 Å². The molecule has 0 aliphatic rings. The highest BCUT2D eigenvalue weighted by Crippen LogP contribution is 2.34. The third-order valence-corrected chi connectivity index (χ3v) is 3.91. The van der Waals surface area contributed by atoms with Crippen molar-refractivity contribution in [3.8, 4) is 0 Å². The lowest BCUT2D eigenvalue weighted by atomic mass is 10.2. The van der Waals surface area contributed by atoms with E-state index in [2.05, 4.69) is 29.0 Å². The Kier molecular flexibility index (Phi) is 4.25. The first-order chi connectivity index (χ1) is 8.54. The van der Waals surface area contributed by atoms with E-state index in [1.54, 1.807) is 11.8 Å². The van der Waals surface area contributed by atoms with Crippen LogP contribution in [0.2, 0.25) is 5.02 Å². The molecule has 1 atom stereocenters. The van der Waals surface area contributed by atoms with Gasteiger partial charge in [0.1, 0.15) is 10.9 Å². The summed E-state index contributed by atoms with van der Waals surface area (Å²) in [7, 11) is 0. The Bertz CT molecular complexity index is 520. The van der Waals surface area contributed by atoms with Crippen LogP contribution in [0.25, 0.3) is 0 Å². The van der Waals surface area contributed by atoms with Gasteiger partial charge in [-0.05, 0) is 44.5 Å². The van der Waals surface area contributed by atoms with Gasteiger partial charge in [-0.3, -0.25) is 0 Å². The predicted octanol–water partition coefficient (Wildman–Crippen LogP) is 4.60. The van der Waals surface area contributed by atoms with Crippen molar-refractivity contribution in [1.29, 1.82) is 0 Å². The first-order valence-electron chi connectivity index (χ1n) is 5.79. The molecule has 0 fully saturated rings. The third-order valence-electron chi connectivity index (χ3n) is 2.58. The maximum atomic E-state index is 5.89. The van der Waals surface area contributed by atoms with E-state index >= 15 is 0 Å². The highest BCUT2D eigenvalue weighted by Gasteiger charge is 2.09. The molecule has 1 heterocycles. The Morgan fingerprint density at radius 2 is 1.78 bits per heavy atom. The Balaban J connectivity index is 2.15. The first kappa shape index (κ1) is 13.4. The van der Waals surface area contributed by atoms with Crippen LogP contribution in [0.3, 0.4) is 0 Å². The second-order valence-electron chi connectivity index (χ2n) is 4.21. The van der Waals surface area contributed by atoms with Gasteiger partial charge in [-0.15, -0.1) is 0 Å². The van der Waals surface area contributed by atoms with Gasteiger partial charge < -0.3 is 0 Å².